The van der Waals surface area contributed by atoms with Gasteiger partial charge in [-0.25, -0.2) is 4.98 Å². The lowest BCUT2D eigenvalue weighted by Crippen LogP contribution is -2.18. The fourth-order valence-electron chi connectivity index (χ4n) is 4.26. The average molecular weight is 460 g/mol. The molecule has 0 fully saturated rings. The summed E-state index contributed by atoms with van der Waals surface area (Å²) in [4.78, 5) is 20.2. The molecule has 4 aromatic rings. The van der Waals surface area contributed by atoms with E-state index in [1.54, 1.807) is 22.7 Å². The number of aryl methyl sites for hydroxylation is 2. The van der Waals surface area contributed by atoms with Crippen LogP contribution in [0.25, 0.3) is 0 Å². The molecule has 0 spiro atoms. The molecule has 4 nitrogen and oxygen atoms in total. The third kappa shape index (κ3) is 4.33. The first-order valence-corrected chi connectivity index (χ1v) is 12.6. The SMILES string of the molecule is Cc1ccnc(N[C@H](c2cccs2)c2c(NC(=O)c3ccccc3)sc3c2CCCC3)c1. The molecule has 3 aromatic heterocycles. The summed E-state index contributed by atoms with van der Waals surface area (Å²) in [6.07, 6.45) is 6.35. The zero-order valence-corrected chi connectivity index (χ0v) is 19.6. The van der Waals surface area contributed by atoms with Crippen molar-refractivity contribution in [3.8, 4) is 0 Å². The number of hydrogen-bond acceptors (Lipinski definition) is 5. The molecule has 5 rings (SSSR count). The lowest BCUT2D eigenvalue weighted by molar-refractivity contribution is 0.102. The van der Waals surface area contributed by atoms with Crippen molar-refractivity contribution in [3.63, 3.8) is 0 Å². The minimum atomic E-state index is -0.0657. The lowest BCUT2D eigenvalue weighted by Gasteiger charge is -2.23. The van der Waals surface area contributed by atoms with E-state index in [0.29, 0.717) is 5.56 Å². The first-order chi connectivity index (χ1) is 15.7. The van der Waals surface area contributed by atoms with Crippen molar-refractivity contribution in [2.45, 2.75) is 38.6 Å². The van der Waals surface area contributed by atoms with E-state index in [2.05, 4.69) is 46.1 Å². The van der Waals surface area contributed by atoms with Crippen LogP contribution in [0.15, 0.2) is 66.2 Å². The van der Waals surface area contributed by atoms with Crippen LogP contribution in [0, 0.1) is 6.92 Å². The Labute approximate surface area is 196 Å². The van der Waals surface area contributed by atoms with Crippen molar-refractivity contribution in [3.05, 3.63) is 98.2 Å². The Hall–Kier alpha value is -2.96. The van der Waals surface area contributed by atoms with Gasteiger partial charge in [-0.1, -0.05) is 24.3 Å². The van der Waals surface area contributed by atoms with Crippen LogP contribution < -0.4 is 10.6 Å². The number of fused-ring (bicyclic) bond motifs is 1. The number of nitrogens with one attached hydrogen (secondary N) is 2. The van der Waals surface area contributed by atoms with Gasteiger partial charge in [-0.15, -0.1) is 22.7 Å². The molecule has 1 aliphatic rings. The van der Waals surface area contributed by atoms with Crippen LogP contribution in [0.2, 0.25) is 0 Å². The van der Waals surface area contributed by atoms with Crippen LogP contribution in [0.5, 0.6) is 0 Å². The number of rotatable bonds is 6. The highest BCUT2D eigenvalue weighted by molar-refractivity contribution is 7.16. The largest absolute Gasteiger partial charge is 0.358 e. The monoisotopic (exact) mass is 459 g/mol. The second-order valence-electron chi connectivity index (χ2n) is 8.09. The molecule has 162 valence electrons. The number of anilines is 2. The molecule has 1 atom stereocenters. The molecule has 0 saturated carbocycles. The lowest BCUT2D eigenvalue weighted by atomic mass is 9.91. The highest BCUT2D eigenvalue weighted by atomic mass is 32.1. The van der Waals surface area contributed by atoms with Crippen molar-refractivity contribution in [1.82, 2.24) is 4.98 Å². The summed E-state index contributed by atoms with van der Waals surface area (Å²) in [5.41, 5.74) is 4.42. The summed E-state index contributed by atoms with van der Waals surface area (Å²) in [5, 5.41) is 9.98. The van der Waals surface area contributed by atoms with Crippen molar-refractivity contribution < 1.29 is 4.79 Å². The van der Waals surface area contributed by atoms with Crippen molar-refractivity contribution in [2.75, 3.05) is 10.6 Å². The van der Waals surface area contributed by atoms with Gasteiger partial charge in [0.1, 0.15) is 10.8 Å². The standard InChI is InChI=1S/C26H25N3OS2/c1-17-13-14-27-22(16-17)28-24(21-12-7-15-31-21)23-19-10-5-6-11-20(19)32-26(23)29-25(30)18-8-3-2-4-9-18/h2-4,7-9,12-16,24H,5-6,10-11H2,1H3,(H,27,28)(H,29,30)/t24-/m1/s1. The summed E-state index contributed by atoms with van der Waals surface area (Å²) in [7, 11) is 0. The van der Waals surface area contributed by atoms with Gasteiger partial charge in [-0.2, -0.15) is 0 Å². The topological polar surface area (TPSA) is 54.0 Å². The molecule has 0 unspecified atom stereocenters. The predicted octanol–water partition coefficient (Wildman–Crippen LogP) is 6.85. The van der Waals surface area contributed by atoms with Crippen LogP contribution in [-0.4, -0.2) is 10.9 Å². The molecule has 0 saturated heterocycles. The van der Waals surface area contributed by atoms with Crippen molar-refractivity contribution in [1.29, 1.82) is 0 Å². The van der Waals surface area contributed by atoms with Gasteiger partial charge in [0.25, 0.3) is 5.91 Å². The average Bonchev–Trinajstić information content (AvgIpc) is 3.46. The normalized spacial score (nSPS) is 13.9. The van der Waals surface area contributed by atoms with Gasteiger partial charge < -0.3 is 10.6 Å². The van der Waals surface area contributed by atoms with Gasteiger partial charge in [0.2, 0.25) is 0 Å². The molecule has 0 aliphatic heterocycles. The molecule has 6 heteroatoms. The summed E-state index contributed by atoms with van der Waals surface area (Å²) in [6.45, 7) is 2.07. The Kier molecular flexibility index (Phi) is 6.06. The number of carbonyl (C=O) groups excluding carboxylic acids is 1. The minimum Gasteiger partial charge on any atom is -0.358 e. The molecule has 1 aliphatic carbocycles. The summed E-state index contributed by atoms with van der Waals surface area (Å²) in [6, 6.07) is 17.7. The number of nitrogens with zero attached hydrogens (tertiary/aromatic N) is 1. The van der Waals surface area contributed by atoms with Crippen LogP contribution in [0.1, 0.15) is 55.7 Å². The van der Waals surface area contributed by atoms with Gasteiger partial charge >= 0.3 is 0 Å². The number of hydrogen-bond donors (Lipinski definition) is 2. The zero-order chi connectivity index (χ0) is 21.9. The quantitative estimate of drug-likeness (QED) is 0.332. The van der Waals surface area contributed by atoms with E-state index < -0.39 is 0 Å². The summed E-state index contributed by atoms with van der Waals surface area (Å²) in [5.74, 6) is 0.781. The maximum Gasteiger partial charge on any atom is 0.256 e. The Morgan fingerprint density at radius 1 is 1.06 bits per heavy atom. The molecular formula is C26H25N3OS2. The van der Waals surface area contributed by atoms with Gasteiger partial charge in [0.15, 0.2) is 0 Å². The first-order valence-electron chi connectivity index (χ1n) is 10.9. The predicted molar refractivity (Wildman–Crippen MR) is 134 cm³/mol. The number of amides is 1. The van der Waals surface area contributed by atoms with E-state index in [0.717, 1.165) is 29.2 Å². The minimum absolute atomic E-state index is 0.0616. The van der Waals surface area contributed by atoms with E-state index >= 15 is 0 Å². The van der Waals surface area contributed by atoms with E-state index in [4.69, 9.17) is 0 Å². The van der Waals surface area contributed by atoms with Crippen molar-refractivity contribution in [2.24, 2.45) is 0 Å². The maximum absolute atomic E-state index is 13.1. The molecule has 0 bridgehead atoms. The smallest absolute Gasteiger partial charge is 0.256 e. The summed E-state index contributed by atoms with van der Waals surface area (Å²) >= 11 is 3.47. The molecule has 1 amide bonds. The van der Waals surface area contributed by atoms with Crippen molar-refractivity contribution >= 4 is 39.4 Å². The zero-order valence-electron chi connectivity index (χ0n) is 17.9. The number of benzene rings is 1. The van der Waals surface area contributed by atoms with Gasteiger partial charge in [0, 0.05) is 27.1 Å². The maximum atomic E-state index is 13.1. The Morgan fingerprint density at radius 3 is 2.69 bits per heavy atom. The fourth-order valence-corrected chi connectivity index (χ4v) is 6.36. The molecule has 32 heavy (non-hydrogen) atoms. The Morgan fingerprint density at radius 2 is 1.91 bits per heavy atom. The van der Waals surface area contributed by atoms with E-state index in [-0.39, 0.29) is 11.9 Å². The Balaban J connectivity index is 1.58. The van der Waals surface area contributed by atoms with Gasteiger partial charge in [-0.3, -0.25) is 4.79 Å². The van der Waals surface area contributed by atoms with Gasteiger partial charge in [0.05, 0.1) is 6.04 Å². The van der Waals surface area contributed by atoms with E-state index in [9.17, 15) is 4.79 Å². The van der Waals surface area contributed by atoms with Crippen LogP contribution in [-0.2, 0) is 12.8 Å². The molecule has 2 N–H and O–H groups in total. The fraction of sp³-hybridized carbons (Fsp3) is 0.231. The van der Waals surface area contributed by atoms with E-state index in [1.807, 2.05) is 42.6 Å². The number of thiophene rings is 2. The van der Waals surface area contributed by atoms with Crippen LogP contribution >= 0.6 is 22.7 Å². The number of pyridine rings is 1. The number of aromatic nitrogens is 1. The second-order valence-corrected chi connectivity index (χ2v) is 10.2. The molecule has 3 heterocycles. The molecule has 1 aromatic carbocycles. The third-order valence-corrected chi connectivity index (χ3v) is 7.96. The highest BCUT2D eigenvalue weighted by Crippen LogP contribution is 2.45. The molecule has 0 radical (unpaired) electrons. The van der Waals surface area contributed by atoms with Crippen LogP contribution in [0.4, 0.5) is 10.8 Å². The third-order valence-electron chi connectivity index (χ3n) is 5.80. The number of carbonyl (C=O) groups is 1. The second kappa shape index (κ2) is 9.27. The van der Waals surface area contributed by atoms with E-state index in [1.165, 1.54) is 33.7 Å². The summed E-state index contributed by atoms with van der Waals surface area (Å²) < 4.78 is 0. The van der Waals surface area contributed by atoms with Gasteiger partial charge in [-0.05, 0) is 79.4 Å². The first kappa shape index (κ1) is 20.9. The Bertz CT molecular complexity index is 1220. The van der Waals surface area contributed by atoms with Crippen LogP contribution in [0.3, 0.4) is 0 Å². The molecular weight excluding hydrogens is 434 g/mol. The highest BCUT2D eigenvalue weighted by Gasteiger charge is 2.29.